The average molecular weight is 1070 g/mol. The lowest BCUT2D eigenvalue weighted by Gasteiger charge is -2.21. The van der Waals surface area contributed by atoms with Gasteiger partial charge in [-0.05, 0) is 25.7 Å². The van der Waals surface area contributed by atoms with Gasteiger partial charge in [-0.15, -0.1) is 0 Å². The number of ether oxygens (including phenoxy) is 4. The quantitative estimate of drug-likeness (QED) is 0.0222. The highest BCUT2D eigenvalue weighted by atomic mass is 31.2. The number of aliphatic hydroxyl groups is 1. The summed E-state index contributed by atoms with van der Waals surface area (Å²) in [7, 11) is -9.85. The molecule has 0 fully saturated rings. The number of carbonyl (C=O) groups is 4. The molecule has 0 aromatic carbocycles. The highest BCUT2D eigenvalue weighted by molar-refractivity contribution is 7.47. The molecule has 17 nitrogen and oxygen atoms in total. The summed E-state index contributed by atoms with van der Waals surface area (Å²) < 4.78 is 67.2. The molecule has 0 spiro atoms. The largest absolute Gasteiger partial charge is 0.472 e. The number of unbranched alkanes of at least 4 members (excludes halogenated alkanes) is 28. The molecule has 0 aliphatic rings. The van der Waals surface area contributed by atoms with Crippen molar-refractivity contribution in [3.8, 4) is 0 Å². The second-order valence-electron chi connectivity index (χ2n) is 19.3. The minimum atomic E-state index is -4.93. The van der Waals surface area contributed by atoms with E-state index in [1.54, 1.807) is 0 Å². The summed E-state index contributed by atoms with van der Waals surface area (Å²) in [5.74, 6) is -2.16. The van der Waals surface area contributed by atoms with Gasteiger partial charge >= 0.3 is 39.5 Å². The number of aliphatic hydroxyl groups excluding tert-OH is 1. The van der Waals surface area contributed by atoms with E-state index in [2.05, 4.69) is 27.7 Å². The molecule has 0 bridgehead atoms. The van der Waals surface area contributed by atoms with Crippen LogP contribution in [0.5, 0.6) is 0 Å². The Morgan fingerprint density at radius 1 is 0.333 bits per heavy atom. The predicted molar refractivity (Wildman–Crippen MR) is 280 cm³/mol. The summed E-state index contributed by atoms with van der Waals surface area (Å²) in [6, 6.07) is 0. The van der Waals surface area contributed by atoms with E-state index in [-0.39, 0.29) is 25.7 Å². The van der Waals surface area contributed by atoms with Crippen LogP contribution in [-0.2, 0) is 65.4 Å². The van der Waals surface area contributed by atoms with Gasteiger partial charge in [0.1, 0.15) is 19.3 Å². The Morgan fingerprint density at radius 2 is 0.556 bits per heavy atom. The predicted octanol–water partition coefficient (Wildman–Crippen LogP) is 13.6. The Hall–Kier alpha value is -1.94. The van der Waals surface area contributed by atoms with Crippen molar-refractivity contribution < 1.29 is 80.2 Å². The summed E-state index contributed by atoms with van der Waals surface area (Å²) in [6.07, 6.45) is 29.6. The number of hydrogen-bond acceptors (Lipinski definition) is 15. The Morgan fingerprint density at radius 3 is 0.819 bits per heavy atom. The molecule has 19 heteroatoms. The molecule has 426 valence electrons. The van der Waals surface area contributed by atoms with Crippen LogP contribution in [0.4, 0.5) is 0 Å². The first-order valence-electron chi connectivity index (χ1n) is 28.3. The van der Waals surface area contributed by atoms with E-state index < -0.39 is 97.5 Å². The number of carbonyl (C=O) groups excluding carboxylic acids is 4. The van der Waals surface area contributed by atoms with Crippen LogP contribution < -0.4 is 0 Å². The Labute approximate surface area is 435 Å². The van der Waals surface area contributed by atoms with Crippen molar-refractivity contribution in [1.29, 1.82) is 0 Å². The highest BCUT2D eigenvalue weighted by Crippen LogP contribution is 2.45. The van der Waals surface area contributed by atoms with Crippen molar-refractivity contribution in [2.45, 2.75) is 277 Å². The first-order valence-corrected chi connectivity index (χ1v) is 31.3. The van der Waals surface area contributed by atoms with Gasteiger partial charge in [-0.3, -0.25) is 37.3 Å². The number of phosphoric acid groups is 2. The van der Waals surface area contributed by atoms with Crippen molar-refractivity contribution in [1.82, 2.24) is 0 Å². The van der Waals surface area contributed by atoms with Gasteiger partial charge in [0, 0.05) is 25.7 Å². The van der Waals surface area contributed by atoms with E-state index in [9.17, 15) is 43.2 Å². The summed E-state index contributed by atoms with van der Waals surface area (Å²) in [5, 5.41) is 10.4. The molecule has 0 amide bonds. The van der Waals surface area contributed by atoms with Crippen LogP contribution in [0.1, 0.15) is 259 Å². The highest BCUT2D eigenvalue weighted by Gasteiger charge is 2.30. The van der Waals surface area contributed by atoms with Crippen LogP contribution >= 0.6 is 15.6 Å². The van der Waals surface area contributed by atoms with Crippen LogP contribution in [0.25, 0.3) is 0 Å². The minimum absolute atomic E-state index is 0.103. The van der Waals surface area contributed by atoms with Gasteiger partial charge in [-0.25, -0.2) is 9.13 Å². The van der Waals surface area contributed by atoms with Crippen LogP contribution in [0.15, 0.2) is 0 Å². The third-order valence-electron chi connectivity index (χ3n) is 12.1. The Bertz CT molecular complexity index is 1420. The summed E-state index contributed by atoms with van der Waals surface area (Å²) >= 11 is 0. The molecular formula is C53H102O17P2. The Balaban J connectivity index is 5.18. The van der Waals surface area contributed by atoms with E-state index in [0.717, 1.165) is 122 Å². The minimum Gasteiger partial charge on any atom is -0.462 e. The molecule has 0 saturated carbocycles. The second kappa shape index (κ2) is 48.7. The number of hydrogen-bond donors (Lipinski definition) is 3. The standard InChI is InChI=1S/C53H102O17P2/c1-5-9-13-17-21-23-24-28-32-36-40-53(58)70-49(44-64-51(56)38-34-30-27-22-18-14-10-6-2)46-68-72(61,62)66-42-47(54)41-65-71(59,60)67-45-48(69-52(57)39-35-31-26-20-16-12-8-4)43-63-50(55)37-33-29-25-19-15-11-7-3/h47-49,54H,5-46H2,1-4H3,(H,59,60)(H,61,62)/t47-,48+,49+/m0/s1. The zero-order chi connectivity index (χ0) is 53.4. The zero-order valence-corrected chi connectivity index (χ0v) is 47.2. The molecule has 5 atom stereocenters. The van der Waals surface area contributed by atoms with Crippen molar-refractivity contribution >= 4 is 39.5 Å². The van der Waals surface area contributed by atoms with Gasteiger partial charge < -0.3 is 33.8 Å². The summed E-state index contributed by atoms with van der Waals surface area (Å²) in [4.78, 5) is 71.3. The molecule has 0 aliphatic heterocycles. The topological polar surface area (TPSA) is 237 Å². The molecular weight excluding hydrogens is 971 g/mol. The molecule has 0 aromatic heterocycles. The normalized spacial score (nSPS) is 14.5. The number of esters is 4. The maximum Gasteiger partial charge on any atom is 0.472 e. The monoisotopic (exact) mass is 1070 g/mol. The molecule has 2 unspecified atom stereocenters. The summed E-state index contributed by atoms with van der Waals surface area (Å²) in [6.45, 7) is 4.69. The van der Waals surface area contributed by atoms with E-state index in [1.807, 2.05) is 0 Å². The molecule has 0 rings (SSSR count). The lowest BCUT2D eigenvalue weighted by Crippen LogP contribution is -2.30. The molecule has 0 radical (unpaired) electrons. The average Bonchev–Trinajstić information content (AvgIpc) is 3.35. The van der Waals surface area contributed by atoms with Crippen LogP contribution in [0.3, 0.4) is 0 Å². The molecule has 3 N–H and O–H groups in total. The first kappa shape index (κ1) is 70.1. The molecule has 0 heterocycles. The maximum atomic E-state index is 12.8. The molecule has 72 heavy (non-hydrogen) atoms. The third-order valence-corrected chi connectivity index (χ3v) is 14.0. The lowest BCUT2D eigenvalue weighted by molar-refractivity contribution is -0.161. The molecule has 0 aromatic rings. The van der Waals surface area contributed by atoms with Gasteiger partial charge in [0.25, 0.3) is 0 Å². The maximum absolute atomic E-state index is 12.8. The van der Waals surface area contributed by atoms with E-state index in [1.165, 1.54) is 57.8 Å². The van der Waals surface area contributed by atoms with Crippen molar-refractivity contribution in [3.63, 3.8) is 0 Å². The second-order valence-corrected chi connectivity index (χ2v) is 22.2. The molecule has 0 aliphatic carbocycles. The Kier molecular flexibility index (Phi) is 47.4. The van der Waals surface area contributed by atoms with Crippen molar-refractivity contribution in [2.75, 3.05) is 39.6 Å². The fourth-order valence-electron chi connectivity index (χ4n) is 7.69. The van der Waals surface area contributed by atoms with E-state index >= 15 is 0 Å². The fraction of sp³-hybridized carbons (Fsp3) is 0.925. The summed E-state index contributed by atoms with van der Waals surface area (Å²) in [5.41, 5.74) is 0. The van der Waals surface area contributed by atoms with Crippen LogP contribution in [-0.4, -0.2) is 96.7 Å². The number of rotatable bonds is 54. The zero-order valence-electron chi connectivity index (χ0n) is 45.4. The SMILES string of the molecule is CCCCCCCCCCCCC(=O)O[C@H](COC(=O)CCCCCCCCCC)COP(=O)(O)OC[C@@H](O)COP(=O)(O)OC[C@@H](COC(=O)CCCCCCCCC)OC(=O)CCCCCCCCC. The van der Waals surface area contributed by atoms with Crippen molar-refractivity contribution in [3.05, 3.63) is 0 Å². The van der Waals surface area contributed by atoms with Crippen LogP contribution in [0, 0.1) is 0 Å². The van der Waals surface area contributed by atoms with Gasteiger partial charge in [0.05, 0.1) is 26.4 Å². The lowest BCUT2D eigenvalue weighted by atomic mass is 10.1. The number of phosphoric ester groups is 2. The van der Waals surface area contributed by atoms with Gasteiger partial charge in [-0.2, -0.15) is 0 Å². The van der Waals surface area contributed by atoms with Gasteiger partial charge in [0.15, 0.2) is 12.2 Å². The molecule has 0 saturated heterocycles. The van der Waals surface area contributed by atoms with Gasteiger partial charge in [0.2, 0.25) is 0 Å². The first-order chi connectivity index (χ1) is 34.7. The third kappa shape index (κ3) is 47.8. The van der Waals surface area contributed by atoms with Crippen LogP contribution in [0.2, 0.25) is 0 Å². The van der Waals surface area contributed by atoms with Crippen molar-refractivity contribution in [2.24, 2.45) is 0 Å². The van der Waals surface area contributed by atoms with Gasteiger partial charge in [-0.1, -0.05) is 207 Å². The van der Waals surface area contributed by atoms with E-state index in [0.29, 0.717) is 25.7 Å². The van der Waals surface area contributed by atoms with E-state index in [4.69, 9.17) is 37.0 Å². The fourth-order valence-corrected chi connectivity index (χ4v) is 9.27. The smallest absolute Gasteiger partial charge is 0.462 e.